The molecule has 44 valence electrons. The second kappa shape index (κ2) is 6.43. The molecule has 0 bridgehead atoms. The minimum atomic E-state index is 0. The molecule has 0 radical (unpaired) electrons. The predicted molar refractivity (Wildman–Crippen MR) is 35.1 cm³/mol. The molecule has 2 nitrogen and oxygen atoms in total. The molecule has 0 unspecified atom stereocenters. The molecular formula is C3H7BrClNO. The smallest absolute Gasteiger partial charge is 0.0518 e. The minimum Gasteiger partial charge on any atom is -0.316 e. The summed E-state index contributed by atoms with van der Waals surface area (Å²) in [6.45, 7) is 3.84. The van der Waals surface area contributed by atoms with Crippen LogP contribution in [0, 0.1) is 0 Å². The number of hydrogen-bond acceptors (Lipinski definition) is 2. The van der Waals surface area contributed by atoms with Crippen LogP contribution < -0.4 is 5.48 Å². The molecule has 0 amide bonds. The SMILES string of the molecule is C=C(Br)CNO.Cl. The minimum absolute atomic E-state index is 0. The number of rotatable bonds is 2. The Hall–Kier alpha value is 0.430. The largest absolute Gasteiger partial charge is 0.316 e. The average Bonchev–Trinajstić information content (AvgIpc) is 1.35. The highest BCUT2D eigenvalue weighted by molar-refractivity contribution is 9.11. The summed E-state index contributed by atoms with van der Waals surface area (Å²) in [5, 5.41) is 7.90. The second-order valence-corrected chi connectivity index (χ2v) is 1.97. The maximum atomic E-state index is 7.90. The van der Waals surface area contributed by atoms with Crippen LogP contribution in [0.1, 0.15) is 0 Å². The van der Waals surface area contributed by atoms with Crippen LogP contribution in [0.4, 0.5) is 0 Å². The summed E-state index contributed by atoms with van der Waals surface area (Å²) >= 11 is 3.02. The molecule has 0 saturated carbocycles. The summed E-state index contributed by atoms with van der Waals surface area (Å²) in [6.07, 6.45) is 0. The van der Waals surface area contributed by atoms with Gasteiger partial charge in [0.2, 0.25) is 0 Å². The highest BCUT2D eigenvalue weighted by Gasteiger charge is 1.77. The lowest BCUT2D eigenvalue weighted by Gasteiger charge is -1.87. The Morgan fingerprint density at radius 3 is 2.29 bits per heavy atom. The first-order valence-corrected chi connectivity index (χ1v) is 2.27. The zero-order valence-corrected chi connectivity index (χ0v) is 6.05. The van der Waals surface area contributed by atoms with Gasteiger partial charge in [-0.05, 0) is 0 Å². The van der Waals surface area contributed by atoms with Gasteiger partial charge in [-0.1, -0.05) is 22.5 Å². The molecule has 0 aromatic heterocycles. The van der Waals surface area contributed by atoms with Gasteiger partial charge in [-0.15, -0.1) is 12.4 Å². The van der Waals surface area contributed by atoms with E-state index in [2.05, 4.69) is 22.5 Å². The molecular weight excluding hydrogens is 181 g/mol. The van der Waals surface area contributed by atoms with Crippen molar-refractivity contribution in [2.45, 2.75) is 0 Å². The number of nitrogens with one attached hydrogen (secondary N) is 1. The predicted octanol–water partition coefficient (Wildman–Crippen LogP) is 1.30. The fraction of sp³-hybridized carbons (Fsp3) is 0.333. The molecule has 0 spiro atoms. The van der Waals surface area contributed by atoms with E-state index >= 15 is 0 Å². The Kier molecular flexibility index (Phi) is 9.57. The Balaban J connectivity index is 0. The molecule has 2 N–H and O–H groups in total. The molecule has 0 aromatic rings. The van der Waals surface area contributed by atoms with E-state index in [0.29, 0.717) is 6.54 Å². The topological polar surface area (TPSA) is 32.3 Å². The van der Waals surface area contributed by atoms with Gasteiger partial charge in [0, 0.05) is 4.48 Å². The van der Waals surface area contributed by atoms with Crippen LogP contribution in [-0.2, 0) is 0 Å². The van der Waals surface area contributed by atoms with Gasteiger partial charge in [0.25, 0.3) is 0 Å². The summed E-state index contributed by atoms with van der Waals surface area (Å²) < 4.78 is 0.741. The highest BCUT2D eigenvalue weighted by Crippen LogP contribution is 1.94. The first kappa shape index (κ1) is 10.4. The monoisotopic (exact) mass is 187 g/mol. The lowest BCUT2D eigenvalue weighted by atomic mass is 10.7. The van der Waals surface area contributed by atoms with Crippen LogP contribution in [-0.4, -0.2) is 11.8 Å². The van der Waals surface area contributed by atoms with E-state index in [1.807, 2.05) is 5.48 Å². The Morgan fingerprint density at radius 1 is 1.86 bits per heavy atom. The van der Waals surface area contributed by atoms with E-state index in [9.17, 15) is 0 Å². The van der Waals surface area contributed by atoms with Crippen LogP contribution in [0.3, 0.4) is 0 Å². The molecule has 0 aliphatic heterocycles. The van der Waals surface area contributed by atoms with Crippen molar-refractivity contribution >= 4 is 28.3 Å². The number of halogens is 2. The van der Waals surface area contributed by atoms with Gasteiger partial charge in [-0.3, -0.25) is 0 Å². The molecule has 7 heavy (non-hydrogen) atoms. The van der Waals surface area contributed by atoms with E-state index < -0.39 is 0 Å². The fourth-order valence-corrected chi connectivity index (χ4v) is 0.211. The van der Waals surface area contributed by atoms with Crippen LogP contribution in [0.2, 0.25) is 0 Å². The van der Waals surface area contributed by atoms with Crippen molar-refractivity contribution < 1.29 is 5.21 Å². The normalized spacial score (nSPS) is 7.14. The standard InChI is InChI=1S/C3H6BrNO.ClH/c1-3(4)2-5-6;/h5-6H,1-2H2;1H. The van der Waals surface area contributed by atoms with E-state index in [-0.39, 0.29) is 12.4 Å². The van der Waals surface area contributed by atoms with Crippen LogP contribution in [0.25, 0.3) is 0 Å². The first-order valence-electron chi connectivity index (χ1n) is 1.47. The third-order valence-corrected chi connectivity index (χ3v) is 0.551. The zero-order chi connectivity index (χ0) is 4.99. The van der Waals surface area contributed by atoms with Gasteiger partial charge in [-0.25, -0.2) is 5.48 Å². The molecule has 0 rings (SSSR count). The Morgan fingerprint density at radius 2 is 2.29 bits per heavy atom. The molecule has 0 atom stereocenters. The van der Waals surface area contributed by atoms with Crippen molar-refractivity contribution in [2.75, 3.05) is 6.54 Å². The van der Waals surface area contributed by atoms with Crippen molar-refractivity contribution in [2.24, 2.45) is 0 Å². The van der Waals surface area contributed by atoms with E-state index in [1.54, 1.807) is 0 Å². The van der Waals surface area contributed by atoms with Gasteiger partial charge < -0.3 is 5.21 Å². The van der Waals surface area contributed by atoms with Crippen molar-refractivity contribution in [3.8, 4) is 0 Å². The summed E-state index contributed by atoms with van der Waals surface area (Å²) in [6, 6.07) is 0. The van der Waals surface area contributed by atoms with E-state index in [1.165, 1.54) is 0 Å². The van der Waals surface area contributed by atoms with Crippen LogP contribution >= 0.6 is 28.3 Å². The lowest BCUT2D eigenvalue weighted by Crippen LogP contribution is -2.07. The number of hydroxylamine groups is 1. The quantitative estimate of drug-likeness (QED) is 0.640. The average molecular weight is 188 g/mol. The van der Waals surface area contributed by atoms with Crippen molar-refractivity contribution in [1.29, 1.82) is 0 Å². The van der Waals surface area contributed by atoms with E-state index in [4.69, 9.17) is 5.21 Å². The Bertz CT molecular complexity index is 58.9. The zero-order valence-electron chi connectivity index (χ0n) is 3.65. The van der Waals surface area contributed by atoms with Crippen LogP contribution in [0.5, 0.6) is 0 Å². The van der Waals surface area contributed by atoms with Crippen molar-refractivity contribution in [3.63, 3.8) is 0 Å². The second-order valence-electron chi connectivity index (χ2n) is 0.852. The van der Waals surface area contributed by atoms with Crippen molar-refractivity contribution in [1.82, 2.24) is 5.48 Å². The number of hydrogen-bond donors (Lipinski definition) is 2. The molecule has 0 aliphatic rings. The highest BCUT2D eigenvalue weighted by atomic mass is 79.9. The molecule has 0 fully saturated rings. The fourth-order valence-electron chi connectivity index (χ4n) is 0.0858. The van der Waals surface area contributed by atoms with Gasteiger partial charge in [0.1, 0.15) is 0 Å². The van der Waals surface area contributed by atoms with Crippen LogP contribution in [0.15, 0.2) is 11.1 Å². The molecule has 0 aromatic carbocycles. The van der Waals surface area contributed by atoms with Gasteiger partial charge in [0.05, 0.1) is 6.54 Å². The van der Waals surface area contributed by atoms with E-state index in [0.717, 1.165) is 4.48 Å². The van der Waals surface area contributed by atoms with Crippen molar-refractivity contribution in [3.05, 3.63) is 11.1 Å². The van der Waals surface area contributed by atoms with Gasteiger partial charge in [0.15, 0.2) is 0 Å². The third-order valence-electron chi connectivity index (χ3n) is 0.271. The molecule has 0 aliphatic carbocycles. The maximum absolute atomic E-state index is 7.90. The summed E-state index contributed by atoms with van der Waals surface area (Å²) in [5.41, 5.74) is 1.92. The van der Waals surface area contributed by atoms with Gasteiger partial charge >= 0.3 is 0 Å². The summed E-state index contributed by atoms with van der Waals surface area (Å²) in [7, 11) is 0. The summed E-state index contributed by atoms with van der Waals surface area (Å²) in [5.74, 6) is 0. The maximum Gasteiger partial charge on any atom is 0.0518 e. The molecule has 4 heteroatoms. The Labute approximate surface area is 57.1 Å². The first-order chi connectivity index (χ1) is 2.77. The third kappa shape index (κ3) is 10.7. The summed E-state index contributed by atoms with van der Waals surface area (Å²) in [4.78, 5) is 0. The lowest BCUT2D eigenvalue weighted by molar-refractivity contribution is 0.179. The van der Waals surface area contributed by atoms with Gasteiger partial charge in [-0.2, -0.15) is 0 Å². The molecule has 0 heterocycles. The molecule has 0 saturated heterocycles.